The molecule has 2 aromatic carbocycles. The van der Waals surface area contributed by atoms with E-state index in [9.17, 15) is 4.39 Å². The average Bonchev–Trinajstić information content (AvgIpc) is 2.48. The van der Waals surface area contributed by atoms with Crippen molar-refractivity contribution in [2.24, 2.45) is 5.73 Å². The molecule has 0 heterocycles. The normalized spacial score (nSPS) is 10.2. The van der Waals surface area contributed by atoms with E-state index in [2.05, 4.69) is 0 Å². The third-order valence-corrected chi connectivity index (χ3v) is 3.48. The quantitative estimate of drug-likeness (QED) is 0.862. The molecule has 2 N–H and O–H groups in total. The van der Waals surface area contributed by atoms with Crippen molar-refractivity contribution < 1.29 is 9.13 Å². The van der Waals surface area contributed by atoms with Crippen molar-refractivity contribution in [3.8, 4) is 5.75 Å². The van der Waals surface area contributed by atoms with Crippen molar-refractivity contribution in [3.63, 3.8) is 0 Å². The van der Waals surface area contributed by atoms with Gasteiger partial charge < -0.3 is 15.4 Å². The molecule has 0 aliphatic rings. The van der Waals surface area contributed by atoms with Crippen molar-refractivity contribution in [3.05, 3.63) is 59.4 Å². The van der Waals surface area contributed by atoms with E-state index < -0.39 is 0 Å². The molecular formula is C16H17FN2OS. The molecule has 0 atom stereocenters. The molecule has 0 amide bonds. The molecule has 2 rings (SSSR count). The fraction of sp³-hybridized carbons (Fsp3) is 0.188. The number of thiocarbonyl (C=S) groups is 1. The van der Waals surface area contributed by atoms with E-state index in [0.717, 1.165) is 11.4 Å². The van der Waals surface area contributed by atoms with Crippen LogP contribution < -0.4 is 15.4 Å². The number of benzene rings is 2. The van der Waals surface area contributed by atoms with E-state index >= 15 is 0 Å². The maximum atomic E-state index is 14.1. The smallest absolute Gasteiger partial charge is 0.142 e. The summed E-state index contributed by atoms with van der Waals surface area (Å²) >= 11 is 4.85. The zero-order valence-electron chi connectivity index (χ0n) is 12.0. The monoisotopic (exact) mass is 304 g/mol. The third-order valence-electron chi connectivity index (χ3n) is 3.24. The van der Waals surface area contributed by atoms with Crippen LogP contribution in [0.1, 0.15) is 11.1 Å². The average molecular weight is 304 g/mol. The van der Waals surface area contributed by atoms with Gasteiger partial charge in [0.25, 0.3) is 0 Å². The lowest BCUT2D eigenvalue weighted by molar-refractivity contribution is 0.414. The molecule has 0 aliphatic carbocycles. The number of nitrogens with two attached hydrogens (primary N) is 1. The molecule has 0 saturated carbocycles. The lowest BCUT2D eigenvalue weighted by Gasteiger charge is -2.22. The Morgan fingerprint density at radius 1 is 1.29 bits per heavy atom. The maximum absolute atomic E-state index is 14.1. The Morgan fingerprint density at radius 2 is 2.00 bits per heavy atom. The van der Waals surface area contributed by atoms with Crippen LogP contribution in [0.15, 0.2) is 42.5 Å². The Morgan fingerprint density at radius 3 is 2.62 bits per heavy atom. The highest BCUT2D eigenvalue weighted by molar-refractivity contribution is 7.80. The Bertz CT molecular complexity index is 660. The van der Waals surface area contributed by atoms with Gasteiger partial charge in [-0.1, -0.05) is 36.5 Å². The first-order valence-electron chi connectivity index (χ1n) is 6.45. The summed E-state index contributed by atoms with van der Waals surface area (Å²) in [6.07, 6.45) is 0. The van der Waals surface area contributed by atoms with Gasteiger partial charge in [0, 0.05) is 24.7 Å². The largest absolute Gasteiger partial charge is 0.495 e. The van der Waals surface area contributed by atoms with Gasteiger partial charge in [0.05, 0.1) is 12.8 Å². The number of methoxy groups -OCH3 is 1. The number of para-hydroxylation sites is 2. The Hall–Kier alpha value is -2.14. The summed E-state index contributed by atoms with van der Waals surface area (Å²) in [4.78, 5) is 2.12. The van der Waals surface area contributed by atoms with Crippen LogP contribution in [-0.4, -0.2) is 19.1 Å². The first kappa shape index (κ1) is 15.3. The molecule has 0 aliphatic heterocycles. The lowest BCUT2D eigenvalue weighted by atomic mass is 10.1. The molecule has 110 valence electrons. The van der Waals surface area contributed by atoms with Crippen molar-refractivity contribution in [2.75, 3.05) is 19.1 Å². The molecule has 5 heteroatoms. The molecule has 0 spiro atoms. The van der Waals surface area contributed by atoms with Gasteiger partial charge in [-0.3, -0.25) is 0 Å². The van der Waals surface area contributed by atoms with E-state index in [0.29, 0.717) is 17.7 Å². The minimum Gasteiger partial charge on any atom is -0.495 e. The Balaban J connectivity index is 2.23. The molecule has 0 unspecified atom stereocenters. The van der Waals surface area contributed by atoms with Gasteiger partial charge in [0.15, 0.2) is 0 Å². The molecule has 21 heavy (non-hydrogen) atoms. The molecule has 0 aromatic heterocycles. The SMILES string of the molecule is COc1ccccc1N(C)Cc1ccc(C(N)=S)cc1F. The van der Waals surface area contributed by atoms with Gasteiger partial charge in [-0.2, -0.15) is 0 Å². The predicted molar refractivity (Wildman–Crippen MR) is 87.4 cm³/mol. The predicted octanol–water partition coefficient (Wildman–Crippen LogP) is 3.10. The van der Waals surface area contributed by atoms with Gasteiger partial charge in [-0.15, -0.1) is 0 Å². The second-order valence-electron chi connectivity index (χ2n) is 4.70. The minimum atomic E-state index is -0.318. The van der Waals surface area contributed by atoms with Crippen LogP contribution >= 0.6 is 12.2 Å². The molecule has 0 radical (unpaired) electrons. The first-order valence-corrected chi connectivity index (χ1v) is 6.86. The highest BCUT2D eigenvalue weighted by Gasteiger charge is 2.11. The first-order chi connectivity index (χ1) is 10.0. The molecular weight excluding hydrogens is 287 g/mol. The Labute approximate surface area is 129 Å². The highest BCUT2D eigenvalue weighted by Crippen LogP contribution is 2.28. The van der Waals surface area contributed by atoms with Crippen LogP contribution in [0.2, 0.25) is 0 Å². The van der Waals surface area contributed by atoms with Crippen LogP contribution in [0, 0.1) is 5.82 Å². The zero-order chi connectivity index (χ0) is 15.4. The topological polar surface area (TPSA) is 38.5 Å². The van der Waals surface area contributed by atoms with E-state index in [1.54, 1.807) is 19.2 Å². The Kier molecular flexibility index (Phi) is 4.75. The summed E-state index contributed by atoms with van der Waals surface area (Å²) in [5.41, 5.74) is 7.51. The van der Waals surface area contributed by atoms with Gasteiger partial charge in [0.1, 0.15) is 16.6 Å². The number of hydrogen-bond donors (Lipinski definition) is 1. The molecule has 3 nitrogen and oxygen atoms in total. The van der Waals surface area contributed by atoms with Crippen LogP contribution in [0.3, 0.4) is 0 Å². The summed E-state index contributed by atoms with van der Waals surface area (Å²) in [5.74, 6) is 0.433. The van der Waals surface area contributed by atoms with Gasteiger partial charge in [-0.05, 0) is 18.2 Å². The fourth-order valence-corrected chi connectivity index (χ4v) is 2.24. The summed E-state index contributed by atoms with van der Waals surface area (Å²) in [5, 5.41) is 0. The second kappa shape index (κ2) is 6.54. The fourth-order valence-electron chi connectivity index (χ4n) is 2.11. The number of hydrogen-bond acceptors (Lipinski definition) is 3. The van der Waals surface area contributed by atoms with Crippen LogP contribution in [0.25, 0.3) is 0 Å². The number of ether oxygens (including phenoxy) is 1. The second-order valence-corrected chi connectivity index (χ2v) is 5.14. The van der Waals surface area contributed by atoms with Gasteiger partial charge >= 0.3 is 0 Å². The van der Waals surface area contributed by atoms with Crippen molar-refractivity contribution in [1.29, 1.82) is 0 Å². The van der Waals surface area contributed by atoms with Crippen molar-refractivity contribution >= 4 is 22.9 Å². The summed E-state index contributed by atoms with van der Waals surface area (Å²) in [6.45, 7) is 0.420. The molecule has 0 saturated heterocycles. The van der Waals surface area contributed by atoms with E-state index in [1.807, 2.05) is 36.2 Å². The molecule has 0 fully saturated rings. The van der Waals surface area contributed by atoms with Crippen molar-refractivity contribution in [2.45, 2.75) is 6.54 Å². The summed E-state index contributed by atoms with van der Waals surface area (Å²) < 4.78 is 19.4. The zero-order valence-corrected chi connectivity index (χ0v) is 12.8. The van der Waals surface area contributed by atoms with E-state index in [-0.39, 0.29) is 10.8 Å². The van der Waals surface area contributed by atoms with Gasteiger partial charge in [0.2, 0.25) is 0 Å². The standard InChI is InChI=1S/C16H17FN2OS/c1-19(14-5-3-4-6-15(14)20-2)10-12-8-7-11(16(18)21)9-13(12)17/h3-9H,10H2,1-2H3,(H2,18,21). The molecule has 0 bridgehead atoms. The molecule has 2 aromatic rings. The maximum Gasteiger partial charge on any atom is 0.142 e. The lowest BCUT2D eigenvalue weighted by Crippen LogP contribution is -2.18. The summed E-state index contributed by atoms with van der Waals surface area (Å²) in [6, 6.07) is 12.4. The van der Waals surface area contributed by atoms with Crippen LogP contribution in [0.5, 0.6) is 5.75 Å². The van der Waals surface area contributed by atoms with E-state index in [1.165, 1.54) is 6.07 Å². The van der Waals surface area contributed by atoms with E-state index in [4.69, 9.17) is 22.7 Å². The van der Waals surface area contributed by atoms with Crippen molar-refractivity contribution in [1.82, 2.24) is 0 Å². The highest BCUT2D eigenvalue weighted by atomic mass is 32.1. The minimum absolute atomic E-state index is 0.193. The summed E-state index contributed by atoms with van der Waals surface area (Å²) in [7, 11) is 3.50. The number of halogens is 1. The number of nitrogens with zero attached hydrogens (tertiary/aromatic N) is 1. The third kappa shape index (κ3) is 3.49. The number of rotatable bonds is 5. The van der Waals surface area contributed by atoms with Crippen LogP contribution in [-0.2, 0) is 6.54 Å². The van der Waals surface area contributed by atoms with Gasteiger partial charge in [-0.25, -0.2) is 4.39 Å². The van der Waals surface area contributed by atoms with Crippen LogP contribution in [0.4, 0.5) is 10.1 Å². The number of anilines is 1.